The monoisotopic (exact) mass is 225 g/mol. The predicted octanol–water partition coefficient (Wildman–Crippen LogP) is 2.64. The summed E-state index contributed by atoms with van der Waals surface area (Å²) in [4.78, 5) is 6.32. The Morgan fingerprint density at radius 1 is 1.21 bits per heavy atom. The Bertz CT molecular complexity index is 436. The lowest BCUT2D eigenvalue weighted by Crippen LogP contribution is -2.14. The molecule has 0 aromatic carbocycles. The van der Waals surface area contributed by atoms with Crippen molar-refractivity contribution in [1.29, 1.82) is 0 Å². The Kier molecular flexibility index (Phi) is 1.92. The summed E-state index contributed by atoms with van der Waals surface area (Å²) in [6, 6.07) is 0. The number of rotatable bonds is 1. The third-order valence-corrected chi connectivity index (χ3v) is 3.85. The third kappa shape index (κ3) is 1.20. The number of thiophene rings is 1. The van der Waals surface area contributed by atoms with E-state index < -0.39 is 0 Å². The quantitative estimate of drug-likeness (QED) is 0.747. The number of thiazole rings is 1. The summed E-state index contributed by atoms with van der Waals surface area (Å²) < 4.78 is 11.1. The van der Waals surface area contributed by atoms with Gasteiger partial charge in [0.05, 0.1) is 15.3 Å². The molecule has 1 aliphatic heterocycles. The van der Waals surface area contributed by atoms with Crippen LogP contribution < -0.4 is 9.47 Å². The zero-order chi connectivity index (χ0) is 9.38. The van der Waals surface area contributed by atoms with Crippen LogP contribution in [0.1, 0.15) is 0 Å². The minimum Gasteiger partial charge on any atom is -0.485 e. The molecular formula is C9H7NO2S2. The van der Waals surface area contributed by atoms with Crippen LogP contribution in [0.25, 0.3) is 9.75 Å². The first-order valence-corrected chi connectivity index (χ1v) is 5.97. The van der Waals surface area contributed by atoms with Gasteiger partial charge in [0.2, 0.25) is 0 Å². The molecule has 2 aromatic heterocycles. The van der Waals surface area contributed by atoms with Crippen LogP contribution in [0.4, 0.5) is 0 Å². The van der Waals surface area contributed by atoms with Crippen molar-refractivity contribution < 1.29 is 9.47 Å². The van der Waals surface area contributed by atoms with E-state index in [0.29, 0.717) is 13.2 Å². The lowest BCUT2D eigenvalue weighted by atomic mass is 10.3. The largest absolute Gasteiger partial charge is 0.485 e. The van der Waals surface area contributed by atoms with E-state index in [1.54, 1.807) is 22.7 Å². The molecule has 1 aliphatic rings. The summed E-state index contributed by atoms with van der Waals surface area (Å²) in [5.74, 6) is 1.75. The van der Waals surface area contributed by atoms with E-state index in [4.69, 9.17) is 9.47 Å². The fraction of sp³-hybridized carbons (Fsp3) is 0.222. The maximum absolute atomic E-state index is 5.58. The zero-order valence-corrected chi connectivity index (χ0v) is 8.86. The van der Waals surface area contributed by atoms with Crippen LogP contribution in [0, 0.1) is 0 Å². The van der Waals surface area contributed by atoms with Crippen LogP contribution in [0.2, 0.25) is 0 Å². The van der Waals surface area contributed by atoms with Gasteiger partial charge in [0.25, 0.3) is 0 Å². The first-order chi connectivity index (χ1) is 6.95. The van der Waals surface area contributed by atoms with Gasteiger partial charge in [0, 0.05) is 11.6 Å². The molecule has 0 saturated carbocycles. The fourth-order valence-corrected chi connectivity index (χ4v) is 3.04. The van der Waals surface area contributed by atoms with E-state index >= 15 is 0 Å². The van der Waals surface area contributed by atoms with Crippen LogP contribution in [0.15, 0.2) is 17.1 Å². The van der Waals surface area contributed by atoms with Crippen LogP contribution in [-0.2, 0) is 0 Å². The number of ether oxygens (including phenoxy) is 2. The second-order valence-electron chi connectivity index (χ2n) is 2.82. The SMILES string of the molecule is c1ncc(-c2scc3c2OCCO3)s1. The van der Waals surface area contributed by atoms with Crippen molar-refractivity contribution in [3.8, 4) is 21.3 Å². The first-order valence-electron chi connectivity index (χ1n) is 4.21. The van der Waals surface area contributed by atoms with Crippen molar-refractivity contribution in [2.45, 2.75) is 0 Å². The van der Waals surface area contributed by atoms with Crippen molar-refractivity contribution in [2.24, 2.45) is 0 Å². The van der Waals surface area contributed by atoms with E-state index in [1.807, 2.05) is 17.1 Å². The molecule has 0 bridgehead atoms. The minimum absolute atomic E-state index is 0.634. The van der Waals surface area contributed by atoms with Gasteiger partial charge >= 0.3 is 0 Å². The number of hydrogen-bond acceptors (Lipinski definition) is 5. The number of fused-ring (bicyclic) bond motifs is 1. The third-order valence-electron chi connectivity index (χ3n) is 1.96. The molecule has 2 aromatic rings. The molecule has 5 heteroatoms. The lowest BCUT2D eigenvalue weighted by molar-refractivity contribution is 0.174. The molecule has 0 N–H and O–H groups in total. The van der Waals surface area contributed by atoms with Gasteiger partial charge in [-0.1, -0.05) is 0 Å². The van der Waals surface area contributed by atoms with Gasteiger partial charge in [-0.15, -0.1) is 22.7 Å². The van der Waals surface area contributed by atoms with E-state index in [-0.39, 0.29) is 0 Å². The van der Waals surface area contributed by atoms with Gasteiger partial charge in [-0.2, -0.15) is 0 Å². The summed E-state index contributed by atoms with van der Waals surface area (Å²) in [5.41, 5.74) is 1.82. The van der Waals surface area contributed by atoms with Crippen molar-refractivity contribution in [3.63, 3.8) is 0 Å². The van der Waals surface area contributed by atoms with Gasteiger partial charge in [0.15, 0.2) is 11.5 Å². The summed E-state index contributed by atoms with van der Waals surface area (Å²) in [6.45, 7) is 1.28. The summed E-state index contributed by atoms with van der Waals surface area (Å²) in [5, 5.41) is 1.99. The molecule has 3 heterocycles. The molecular weight excluding hydrogens is 218 g/mol. The molecule has 72 valence electrons. The highest BCUT2D eigenvalue weighted by Crippen LogP contribution is 2.46. The van der Waals surface area contributed by atoms with Gasteiger partial charge in [-0.3, -0.25) is 4.98 Å². The molecule has 0 saturated heterocycles. The summed E-state index contributed by atoms with van der Waals surface area (Å²) in [6.07, 6.45) is 1.86. The molecule has 0 aliphatic carbocycles. The predicted molar refractivity (Wildman–Crippen MR) is 56.4 cm³/mol. The minimum atomic E-state index is 0.634. The Labute approximate surface area is 88.9 Å². The highest BCUT2D eigenvalue weighted by Gasteiger charge is 2.20. The smallest absolute Gasteiger partial charge is 0.180 e. The number of aromatic nitrogens is 1. The van der Waals surface area contributed by atoms with Crippen LogP contribution >= 0.6 is 22.7 Å². The van der Waals surface area contributed by atoms with Crippen molar-refractivity contribution in [2.75, 3.05) is 13.2 Å². The highest BCUT2D eigenvalue weighted by molar-refractivity contribution is 7.20. The molecule has 3 nitrogen and oxygen atoms in total. The normalized spacial score (nSPS) is 14.3. The lowest BCUT2D eigenvalue weighted by Gasteiger charge is -2.15. The topological polar surface area (TPSA) is 31.4 Å². The van der Waals surface area contributed by atoms with Crippen molar-refractivity contribution >= 4 is 22.7 Å². The van der Waals surface area contributed by atoms with Crippen LogP contribution in [0.5, 0.6) is 11.5 Å². The molecule has 14 heavy (non-hydrogen) atoms. The van der Waals surface area contributed by atoms with Crippen molar-refractivity contribution in [1.82, 2.24) is 4.98 Å². The Hall–Kier alpha value is -1.07. The van der Waals surface area contributed by atoms with Crippen LogP contribution in [0.3, 0.4) is 0 Å². The molecule has 0 fully saturated rings. The molecule has 3 rings (SSSR count). The fourth-order valence-electron chi connectivity index (χ4n) is 1.36. The molecule has 0 radical (unpaired) electrons. The first kappa shape index (κ1) is 8.26. The van der Waals surface area contributed by atoms with Crippen molar-refractivity contribution in [3.05, 3.63) is 17.1 Å². The average Bonchev–Trinajstić information content (AvgIpc) is 2.85. The second kappa shape index (κ2) is 3.25. The van der Waals surface area contributed by atoms with Gasteiger partial charge in [0.1, 0.15) is 13.2 Å². The van der Waals surface area contributed by atoms with E-state index in [9.17, 15) is 0 Å². The summed E-state index contributed by atoms with van der Waals surface area (Å²) >= 11 is 3.26. The van der Waals surface area contributed by atoms with Gasteiger partial charge in [-0.25, -0.2) is 0 Å². The van der Waals surface area contributed by atoms with Crippen LogP contribution in [-0.4, -0.2) is 18.2 Å². The van der Waals surface area contributed by atoms with Gasteiger partial charge in [-0.05, 0) is 0 Å². The Morgan fingerprint density at radius 2 is 2.14 bits per heavy atom. The molecule has 0 spiro atoms. The van der Waals surface area contributed by atoms with E-state index in [2.05, 4.69) is 4.98 Å². The summed E-state index contributed by atoms with van der Waals surface area (Å²) in [7, 11) is 0. The average molecular weight is 225 g/mol. The molecule has 0 atom stereocenters. The van der Waals surface area contributed by atoms with E-state index in [0.717, 1.165) is 21.3 Å². The maximum atomic E-state index is 5.58. The maximum Gasteiger partial charge on any atom is 0.180 e. The Morgan fingerprint density at radius 3 is 3.00 bits per heavy atom. The Balaban J connectivity index is 2.11. The molecule has 0 unspecified atom stereocenters. The molecule has 0 amide bonds. The van der Waals surface area contributed by atoms with E-state index in [1.165, 1.54) is 0 Å². The highest BCUT2D eigenvalue weighted by atomic mass is 32.1. The van der Waals surface area contributed by atoms with Gasteiger partial charge < -0.3 is 9.47 Å². The number of nitrogens with zero attached hydrogens (tertiary/aromatic N) is 1. The second-order valence-corrected chi connectivity index (χ2v) is 4.59. The number of hydrogen-bond donors (Lipinski definition) is 0. The zero-order valence-electron chi connectivity index (χ0n) is 7.23. The standard InChI is InChI=1S/C9H7NO2S2/c1-2-12-8-6(11-1)4-13-9(8)7-3-10-5-14-7/h3-5H,1-2H2.